The quantitative estimate of drug-likeness (QED) is 0.912. The van der Waals surface area contributed by atoms with Gasteiger partial charge in [0.05, 0.1) is 0 Å². The standard InChI is InChI=1S/C14H19BrN2OS/c1-11-8-12(10-13(15)9-11)14(18)16-2-3-17-4-6-19-7-5-17/h8-10H,2-7H2,1H3,(H,16,18). The van der Waals surface area contributed by atoms with Crippen LogP contribution in [0, 0.1) is 6.92 Å². The van der Waals surface area contributed by atoms with Crippen molar-refractivity contribution in [3.05, 3.63) is 33.8 Å². The summed E-state index contributed by atoms with van der Waals surface area (Å²) in [6, 6.07) is 5.78. The lowest BCUT2D eigenvalue weighted by molar-refractivity contribution is 0.0949. The van der Waals surface area contributed by atoms with E-state index in [2.05, 4.69) is 26.1 Å². The van der Waals surface area contributed by atoms with Crippen LogP contribution in [-0.2, 0) is 0 Å². The summed E-state index contributed by atoms with van der Waals surface area (Å²) < 4.78 is 0.950. The van der Waals surface area contributed by atoms with E-state index in [1.165, 1.54) is 11.5 Å². The summed E-state index contributed by atoms with van der Waals surface area (Å²) in [5, 5.41) is 2.99. The van der Waals surface area contributed by atoms with E-state index in [4.69, 9.17) is 0 Å². The minimum absolute atomic E-state index is 0.00999. The second-order valence-electron chi connectivity index (χ2n) is 4.73. The molecule has 0 aliphatic carbocycles. The molecule has 0 bridgehead atoms. The molecule has 5 heteroatoms. The molecule has 3 nitrogen and oxygen atoms in total. The van der Waals surface area contributed by atoms with Gasteiger partial charge in [-0.25, -0.2) is 0 Å². The number of hydrogen-bond donors (Lipinski definition) is 1. The Hall–Kier alpha value is -0.520. The Morgan fingerprint density at radius 1 is 1.37 bits per heavy atom. The van der Waals surface area contributed by atoms with E-state index < -0.39 is 0 Å². The van der Waals surface area contributed by atoms with Crippen LogP contribution in [0.1, 0.15) is 15.9 Å². The molecule has 1 aliphatic heterocycles. The second kappa shape index (κ2) is 7.31. The first kappa shape index (κ1) is 14.9. The molecule has 1 amide bonds. The van der Waals surface area contributed by atoms with Gasteiger partial charge < -0.3 is 5.32 Å². The van der Waals surface area contributed by atoms with Gasteiger partial charge in [0.2, 0.25) is 0 Å². The van der Waals surface area contributed by atoms with Crippen molar-refractivity contribution in [2.24, 2.45) is 0 Å². The van der Waals surface area contributed by atoms with Crippen molar-refractivity contribution in [1.82, 2.24) is 10.2 Å². The Bertz CT molecular complexity index is 427. The smallest absolute Gasteiger partial charge is 0.251 e. The van der Waals surface area contributed by atoms with Crippen molar-refractivity contribution in [2.45, 2.75) is 6.92 Å². The van der Waals surface area contributed by atoms with Gasteiger partial charge in [0.15, 0.2) is 0 Å². The van der Waals surface area contributed by atoms with E-state index in [-0.39, 0.29) is 5.91 Å². The summed E-state index contributed by atoms with van der Waals surface area (Å²) >= 11 is 5.43. The first-order valence-corrected chi connectivity index (χ1v) is 8.45. The zero-order chi connectivity index (χ0) is 13.7. The molecular weight excluding hydrogens is 324 g/mol. The SMILES string of the molecule is Cc1cc(Br)cc(C(=O)NCCN2CCSCC2)c1. The third kappa shape index (κ3) is 4.82. The van der Waals surface area contributed by atoms with Gasteiger partial charge in [0, 0.05) is 47.7 Å². The van der Waals surface area contributed by atoms with E-state index in [1.807, 2.05) is 36.9 Å². The van der Waals surface area contributed by atoms with Crippen LogP contribution in [0.5, 0.6) is 0 Å². The Balaban J connectivity index is 1.80. The number of nitrogens with one attached hydrogen (secondary N) is 1. The van der Waals surface area contributed by atoms with Crippen LogP contribution >= 0.6 is 27.7 Å². The van der Waals surface area contributed by atoms with Crippen LogP contribution in [0.3, 0.4) is 0 Å². The molecule has 0 aromatic heterocycles. The third-order valence-corrected chi connectivity index (χ3v) is 4.52. The molecule has 1 aliphatic rings. The van der Waals surface area contributed by atoms with E-state index >= 15 is 0 Å². The Morgan fingerprint density at radius 3 is 2.79 bits per heavy atom. The van der Waals surface area contributed by atoms with E-state index in [9.17, 15) is 4.79 Å². The molecule has 1 saturated heterocycles. The van der Waals surface area contributed by atoms with Crippen LogP contribution in [0.15, 0.2) is 22.7 Å². The van der Waals surface area contributed by atoms with Gasteiger partial charge in [-0.3, -0.25) is 9.69 Å². The molecule has 1 fully saturated rings. The molecule has 1 aromatic carbocycles. The fourth-order valence-corrected chi connectivity index (χ4v) is 3.71. The highest BCUT2D eigenvalue weighted by Gasteiger charge is 2.11. The van der Waals surface area contributed by atoms with Gasteiger partial charge in [-0.15, -0.1) is 0 Å². The number of hydrogen-bond acceptors (Lipinski definition) is 3. The van der Waals surface area contributed by atoms with Gasteiger partial charge >= 0.3 is 0 Å². The topological polar surface area (TPSA) is 32.3 Å². The average Bonchev–Trinajstić information content (AvgIpc) is 2.38. The molecule has 1 heterocycles. The predicted octanol–water partition coefficient (Wildman–Crippen LogP) is 2.54. The van der Waals surface area contributed by atoms with E-state index in [0.717, 1.165) is 41.8 Å². The van der Waals surface area contributed by atoms with Gasteiger partial charge in [-0.1, -0.05) is 15.9 Å². The minimum Gasteiger partial charge on any atom is -0.351 e. The lowest BCUT2D eigenvalue weighted by Crippen LogP contribution is -2.39. The maximum atomic E-state index is 12.0. The van der Waals surface area contributed by atoms with Crippen LogP contribution in [0.4, 0.5) is 0 Å². The number of nitrogens with zero attached hydrogens (tertiary/aromatic N) is 1. The molecule has 0 radical (unpaired) electrons. The lowest BCUT2D eigenvalue weighted by atomic mass is 10.1. The van der Waals surface area contributed by atoms with Crippen molar-refractivity contribution in [3.8, 4) is 0 Å². The molecule has 0 unspecified atom stereocenters. The van der Waals surface area contributed by atoms with Crippen molar-refractivity contribution in [1.29, 1.82) is 0 Å². The summed E-state index contributed by atoms with van der Waals surface area (Å²) in [5.74, 6) is 2.42. The summed E-state index contributed by atoms with van der Waals surface area (Å²) in [4.78, 5) is 14.4. The van der Waals surface area contributed by atoms with Gasteiger partial charge in [-0.2, -0.15) is 11.8 Å². The fraction of sp³-hybridized carbons (Fsp3) is 0.500. The number of rotatable bonds is 4. The highest BCUT2D eigenvalue weighted by molar-refractivity contribution is 9.10. The van der Waals surface area contributed by atoms with Crippen molar-refractivity contribution < 1.29 is 4.79 Å². The normalized spacial score (nSPS) is 16.3. The van der Waals surface area contributed by atoms with Crippen molar-refractivity contribution in [2.75, 3.05) is 37.7 Å². The molecular formula is C14H19BrN2OS. The van der Waals surface area contributed by atoms with Crippen LogP contribution in [0.2, 0.25) is 0 Å². The molecule has 0 saturated carbocycles. The molecule has 0 spiro atoms. The number of carbonyl (C=O) groups excluding carboxylic acids is 1. The van der Waals surface area contributed by atoms with Crippen LogP contribution in [0.25, 0.3) is 0 Å². The number of benzene rings is 1. The maximum Gasteiger partial charge on any atom is 0.251 e. The second-order valence-corrected chi connectivity index (χ2v) is 6.87. The van der Waals surface area contributed by atoms with E-state index in [1.54, 1.807) is 0 Å². The highest BCUT2D eigenvalue weighted by atomic mass is 79.9. The lowest BCUT2D eigenvalue weighted by Gasteiger charge is -2.26. The predicted molar refractivity (Wildman–Crippen MR) is 85.0 cm³/mol. The van der Waals surface area contributed by atoms with Crippen LogP contribution < -0.4 is 5.32 Å². The molecule has 2 rings (SSSR count). The average molecular weight is 343 g/mol. The van der Waals surface area contributed by atoms with Crippen molar-refractivity contribution >= 4 is 33.6 Å². The number of amides is 1. The first-order valence-electron chi connectivity index (χ1n) is 6.50. The monoisotopic (exact) mass is 342 g/mol. The Kier molecular flexibility index (Phi) is 5.73. The summed E-state index contributed by atoms with van der Waals surface area (Å²) in [6.45, 7) is 5.92. The summed E-state index contributed by atoms with van der Waals surface area (Å²) in [6.07, 6.45) is 0. The highest BCUT2D eigenvalue weighted by Crippen LogP contribution is 2.15. The van der Waals surface area contributed by atoms with Crippen LogP contribution in [-0.4, -0.2) is 48.5 Å². The Morgan fingerprint density at radius 2 is 2.11 bits per heavy atom. The summed E-state index contributed by atoms with van der Waals surface area (Å²) in [7, 11) is 0. The third-order valence-electron chi connectivity index (χ3n) is 3.12. The molecule has 0 atom stereocenters. The largest absolute Gasteiger partial charge is 0.351 e. The first-order chi connectivity index (χ1) is 9.15. The van der Waals surface area contributed by atoms with Gasteiger partial charge in [0.25, 0.3) is 5.91 Å². The molecule has 1 N–H and O–H groups in total. The van der Waals surface area contributed by atoms with Gasteiger partial charge in [0.1, 0.15) is 0 Å². The molecule has 104 valence electrons. The van der Waals surface area contributed by atoms with Crippen molar-refractivity contribution in [3.63, 3.8) is 0 Å². The maximum absolute atomic E-state index is 12.0. The zero-order valence-electron chi connectivity index (χ0n) is 11.1. The summed E-state index contributed by atoms with van der Waals surface area (Å²) in [5.41, 5.74) is 1.81. The fourth-order valence-electron chi connectivity index (χ4n) is 2.12. The number of carbonyl (C=O) groups is 1. The van der Waals surface area contributed by atoms with Gasteiger partial charge in [-0.05, 0) is 30.7 Å². The number of thioether (sulfide) groups is 1. The zero-order valence-corrected chi connectivity index (χ0v) is 13.5. The number of halogens is 1. The minimum atomic E-state index is 0.00999. The Labute approximate surface area is 127 Å². The molecule has 19 heavy (non-hydrogen) atoms. The number of aryl methyl sites for hydroxylation is 1. The molecule has 1 aromatic rings. The van der Waals surface area contributed by atoms with E-state index in [0.29, 0.717) is 0 Å².